The van der Waals surface area contributed by atoms with Crippen LogP contribution in [0, 0.1) is 0 Å². The molecule has 1 aromatic heterocycles. The van der Waals surface area contributed by atoms with Gasteiger partial charge >= 0.3 is 0 Å². The minimum absolute atomic E-state index is 0.0928. The molecule has 0 radical (unpaired) electrons. The fourth-order valence-corrected chi connectivity index (χ4v) is 5.35. The summed E-state index contributed by atoms with van der Waals surface area (Å²) < 4.78 is 25.5. The number of benzene rings is 1. The maximum Gasteiger partial charge on any atom is 0.166 e. The number of nitrogens with zero attached hydrogens (tertiary/aromatic N) is 2. The number of anilines is 1. The number of nitrogens with two attached hydrogens (primary N) is 1. The van der Waals surface area contributed by atoms with Gasteiger partial charge in [0.2, 0.25) is 0 Å². The molecule has 7 heteroatoms. The number of carbonyl (C=O) groups excluding carboxylic acids is 1. The lowest BCUT2D eigenvalue weighted by atomic mass is 9.92. The van der Waals surface area contributed by atoms with E-state index in [1.807, 2.05) is 16.8 Å². The molecular weight excluding hydrogens is 326 g/mol. The van der Waals surface area contributed by atoms with Crippen LogP contribution in [0.3, 0.4) is 0 Å². The Bertz CT molecular complexity index is 913. The lowest BCUT2D eigenvalue weighted by Crippen LogP contribution is -2.18. The second kappa shape index (κ2) is 5.44. The van der Waals surface area contributed by atoms with E-state index in [0.29, 0.717) is 29.8 Å². The Balaban J connectivity index is 1.86. The zero-order chi connectivity index (χ0) is 16.9. The van der Waals surface area contributed by atoms with Gasteiger partial charge in [-0.15, -0.1) is 0 Å². The average molecular weight is 345 g/mol. The van der Waals surface area contributed by atoms with Crippen molar-refractivity contribution in [1.29, 1.82) is 0 Å². The molecule has 24 heavy (non-hydrogen) atoms. The summed E-state index contributed by atoms with van der Waals surface area (Å²) in [5.41, 5.74) is 9.44. The van der Waals surface area contributed by atoms with Crippen molar-refractivity contribution in [1.82, 2.24) is 9.78 Å². The van der Waals surface area contributed by atoms with Gasteiger partial charge in [0.1, 0.15) is 5.69 Å². The first-order valence-corrected chi connectivity index (χ1v) is 9.98. The number of sulfone groups is 1. The number of carbonyl (C=O) groups is 1. The molecule has 1 fully saturated rings. The Hall–Kier alpha value is -2.15. The largest absolute Gasteiger partial charge is 0.399 e. The van der Waals surface area contributed by atoms with Gasteiger partial charge in [-0.2, -0.15) is 5.10 Å². The van der Waals surface area contributed by atoms with Gasteiger partial charge in [-0.3, -0.25) is 9.48 Å². The average Bonchev–Trinajstić information content (AvgIpc) is 3.09. The Kier molecular flexibility index (Phi) is 3.49. The molecule has 4 rings (SSSR count). The number of aromatic nitrogens is 2. The maximum absolute atomic E-state index is 12.5. The van der Waals surface area contributed by atoms with Crippen molar-refractivity contribution in [3.63, 3.8) is 0 Å². The van der Waals surface area contributed by atoms with Crippen molar-refractivity contribution < 1.29 is 13.2 Å². The third kappa shape index (κ3) is 2.53. The molecule has 126 valence electrons. The van der Waals surface area contributed by atoms with Crippen molar-refractivity contribution in [3.05, 3.63) is 35.5 Å². The number of nitrogen functional groups attached to an aromatic ring is 1. The summed E-state index contributed by atoms with van der Waals surface area (Å²) >= 11 is 0. The van der Waals surface area contributed by atoms with Crippen LogP contribution in [0.5, 0.6) is 0 Å². The molecule has 1 aromatic carbocycles. The van der Waals surface area contributed by atoms with E-state index in [0.717, 1.165) is 24.1 Å². The van der Waals surface area contributed by atoms with Crippen LogP contribution in [0.2, 0.25) is 0 Å². The fourth-order valence-electron chi connectivity index (χ4n) is 3.66. The molecule has 0 saturated carbocycles. The molecule has 0 amide bonds. The number of rotatable bonds is 2. The second-order valence-corrected chi connectivity index (χ2v) is 8.80. The van der Waals surface area contributed by atoms with E-state index in [2.05, 4.69) is 5.10 Å². The minimum Gasteiger partial charge on any atom is -0.399 e. The summed E-state index contributed by atoms with van der Waals surface area (Å²) in [6.45, 7) is 0. The summed E-state index contributed by atoms with van der Waals surface area (Å²) in [4.78, 5) is 12.5. The van der Waals surface area contributed by atoms with Crippen molar-refractivity contribution in [2.45, 2.75) is 31.7 Å². The van der Waals surface area contributed by atoms with E-state index in [1.165, 1.54) is 0 Å². The molecule has 1 atom stereocenters. The summed E-state index contributed by atoms with van der Waals surface area (Å²) in [6, 6.07) is 7.12. The van der Waals surface area contributed by atoms with E-state index in [-0.39, 0.29) is 23.3 Å². The molecule has 1 aliphatic heterocycles. The predicted molar refractivity (Wildman–Crippen MR) is 91.7 cm³/mol. The van der Waals surface area contributed by atoms with Gasteiger partial charge in [-0.25, -0.2) is 8.42 Å². The van der Waals surface area contributed by atoms with Gasteiger partial charge in [0, 0.05) is 17.7 Å². The zero-order valence-corrected chi connectivity index (χ0v) is 14.1. The molecule has 1 saturated heterocycles. The Morgan fingerprint density at radius 1 is 1.17 bits per heavy atom. The van der Waals surface area contributed by atoms with Crippen molar-refractivity contribution in [2.75, 3.05) is 17.2 Å². The highest BCUT2D eigenvalue weighted by molar-refractivity contribution is 7.91. The molecule has 2 aromatic rings. The highest BCUT2D eigenvalue weighted by Gasteiger charge is 2.35. The first kappa shape index (κ1) is 15.4. The zero-order valence-electron chi connectivity index (χ0n) is 13.2. The number of hydrogen-bond acceptors (Lipinski definition) is 5. The molecule has 1 aliphatic carbocycles. The SMILES string of the molecule is Nc1ccc(-c2nn(C3CCS(=O)(=O)C3)c3c2C(=O)CCC3)cc1. The Labute approximate surface area is 140 Å². The van der Waals surface area contributed by atoms with Crippen molar-refractivity contribution >= 4 is 21.3 Å². The molecular formula is C17H19N3O3S. The molecule has 2 aliphatic rings. The minimum atomic E-state index is -3.01. The fraction of sp³-hybridized carbons (Fsp3) is 0.412. The molecule has 1 unspecified atom stereocenters. The van der Waals surface area contributed by atoms with Crippen LogP contribution < -0.4 is 5.73 Å². The number of hydrogen-bond donors (Lipinski definition) is 1. The summed E-state index contributed by atoms with van der Waals surface area (Å²) in [5, 5.41) is 4.68. The number of fused-ring (bicyclic) bond motifs is 1. The van der Waals surface area contributed by atoms with Crippen LogP contribution in [0.1, 0.15) is 41.4 Å². The first-order chi connectivity index (χ1) is 11.4. The van der Waals surface area contributed by atoms with E-state index < -0.39 is 9.84 Å². The highest BCUT2D eigenvalue weighted by Crippen LogP contribution is 2.35. The predicted octanol–water partition coefficient (Wildman–Crippen LogP) is 2.01. The van der Waals surface area contributed by atoms with Crippen molar-refractivity contribution in [2.24, 2.45) is 0 Å². The van der Waals surface area contributed by atoms with E-state index >= 15 is 0 Å². The normalized spacial score (nSPS) is 22.5. The van der Waals surface area contributed by atoms with Crippen LogP contribution in [0.25, 0.3) is 11.3 Å². The smallest absolute Gasteiger partial charge is 0.166 e. The van der Waals surface area contributed by atoms with Gasteiger partial charge in [0.05, 0.1) is 28.8 Å². The lowest BCUT2D eigenvalue weighted by molar-refractivity contribution is 0.0972. The third-order valence-electron chi connectivity index (χ3n) is 4.84. The number of Topliss-reactive ketones (excluding diaryl/α,β-unsaturated/α-hetero) is 1. The standard InChI is InChI=1S/C17H19N3O3S/c18-12-6-4-11(5-7-12)17-16-14(2-1-3-15(16)21)20(19-17)13-8-9-24(22,23)10-13/h4-7,13H,1-3,8-10,18H2. The summed E-state index contributed by atoms with van der Waals surface area (Å²) in [6.07, 6.45) is 2.63. The number of ketones is 1. The summed E-state index contributed by atoms with van der Waals surface area (Å²) in [5.74, 6) is 0.392. The molecule has 6 nitrogen and oxygen atoms in total. The molecule has 2 heterocycles. The topological polar surface area (TPSA) is 95.0 Å². The second-order valence-electron chi connectivity index (χ2n) is 6.57. The maximum atomic E-state index is 12.5. The summed E-state index contributed by atoms with van der Waals surface area (Å²) in [7, 11) is -3.01. The highest BCUT2D eigenvalue weighted by atomic mass is 32.2. The van der Waals surface area contributed by atoms with Gasteiger partial charge in [-0.05, 0) is 31.4 Å². The molecule has 0 spiro atoms. The Morgan fingerprint density at radius 2 is 1.92 bits per heavy atom. The van der Waals surface area contributed by atoms with Gasteiger partial charge in [0.25, 0.3) is 0 Å². The van der Waals surface area contributed by atoms with Crippen LogP contribution in [0.4, 0.5) is 5.69 Å². The van der Waals surface area contributed by atoms with Crippen LogP contribution >= 0.6 is 0 Å². The van der Waals surface area contributed by atoms with Gasteiger partial charge in [-0.1, -0.05) is 12.1 Å². The lowest BCUT2D eigenvalue weighted by Gasteiger charge is -2.16. The van der Waals surface area contributed by atoms with Crippen LogP contribution in [-0.2, 0) is 16.3 Å². The first-order valence-electron chi connectivity index (χ1n) is 8.15. The van der Waals surface area contributed by atoms with Gasteiger partial charge < -0.3 is 5.73 Å². The van der Waals surface area contributed by atoms with Crippen LogP contribution in [-0.4, -0.2) is 35.5 Å². The molecule has 2 N–H and O–H groups in total. The quantitative estimate of drug-likeness (QED) is 0.840. The Morgan fingerprint density at radius 3 is 2.58 bits per heavy atom. The van der Waals surface area contributed by atoms with Crippen LogP contribution in [0.15, 0.2) is 24.3 Å². The van der Waals surface area contributed by atoms with E-state index in [1.54, 1.807) is 12.1 Å². The third-order valence-corrected chi connectivity index (χ3v) is 6.59. The monoisotopic (exact) mass is 345 g/mol. The van der Waals surface area contributed by atoms with Gasteiger partial charge in [0.15, 0.2) is 15.6 Å². The van der Waals surface area contributed by atoms with E-state index in [9.17, 15) is 13.2 Å². The molecule has 0 bridgehead atoms. The van der Waals surface area contributed by atoms with Crippen molar-refractivity contribution in [3.8, 4) is 11.3 Å². The van der Waals surface area contributed by atoms with E-state index in [4.69, 9.17) is 5.73 Å².